The number of aromatic nitrogens is 2. The molecule has 0 spiro atoms. The summed E-state index contributed by atoms with van der Waals surface area (Å²) in [5.41, 5.74) is 0.737. The van der Waals surface area contributed by atoms with Crippen LogP contribution in [0.2, 0.25) is 5.15 Å². The average Bonchev–Trinajstić information content (AvgIpc) is 2.40. The molecule has 0 radical (unpaired) electrons. The summed E-state index contributed by atoms with van der Waals surface area (Å²) in [6.07, 6.45) is 0.383. The monoisotopic (exact) mass is 301 g/mol. The van der Waals surface area contributed by atoms with Crippen molar-refractivity contribution in [3.05, 3.63) is 46.9 Å². The molecule has 0 N–H and O–H groups in total. The highest BCUT2D eigenvalue weighted by Gasteiger charge is 2.19. The predicted octanol–water partition coefficient (Wildman–Crippen LogP) is 4.29. The van der Waals surface area contributed by atoms with Crippen LogP contribution in [0.15, 0.2) is 30.3 Å². The van der Waals surface area contributed by atoms with Crippen LogP contribution in [0.4, 0.5) is 0 Å². The fraction of sp³-hybridized carbons (Fsp3) is 0.312. The van der Waals surface area contributed by atoms with Crippen LogP contribution in [0.5, 0.6) is 11.6 Å². The molecule has 0 aliphatic heterocycles. The largest absolute Gasteiger partial charge is 0.439 e. The SMILES string of the molecule is CC(C)(C)c1nc(Cl)cc(Oc2ccc(CC#N)cc2)n1. The molecular weight excluding hydrogens is 286 g/mol. The van der Waals surface area contributed by atoms with Crippen molar-refractivity contribution in [1.29, 1.82) is 5.26 Å². The first-order valence-corrected chi connectivity index (χ1v) is 6.95. The molecule has 5 heteroatoms. The van der Waals surface area contributed by atoms with Gasteiger partial charge in [-0.1, -0.05) is 44.5 Å². The lowest BCUT2D eigenvalue weighted by molar-refractivity contribution is 0.446. The Morgan fingerprint density at radius 3 is 2.43 bits per heavy atom. The third-order valence-corrected chi connectivity index (χ3v) is 2.96. The summed E-state index contributed by atoms with van der Waals surface area (Å²) in [5, 5.41) is 9.00. The molecular formula is C16H16ClN3O. The van der Waals surface area contributed by atoms with Crippen LogP contribution >= 0.6 is 11.6 Å². The number of nitrogens with zero attached hydrogens (tertiary/aromatic N) is 3. The summed E-state index contributed by atoms with van der Waals surface area (Å²) < 4.78 is 5.71. The summed E-state index contributed by atoms with van der Waals surface area (Å²) in [7, 11) is 0. The van der Waals surface area contributed by atoms with E-state index in [1.165, 1.54) is 0 Å². The maximum atomic E-state index is 8.65. The second-order valence-corrected chi connectivity index (χ2v) is 6.07. The smallest absolute Gasteiger partial charge is 0.224 e. The van der Waals surface area contributed by atoms with Gasteiger partial charge in [-0.2, -0.15) is 10.2 Å². The molecule has 0 amide bonds. The third kappa shape index (κ3) is 4.17. The molecule has 108 valence electrons. The van der Waals surface area contributed by atoms with Gasteiger partial charge in [0.05, 0.1) is 12.5 Å². The topological polar surface area (TPSA) is 58.8 Å². The third-order valence-electron chi connectivity index (χ3n) is 2.77. The van der Waals surface area contributed by atoms with E-state index in [0.29, 0.717) is 29.0 Å². The molecule has 0 atom stereocenters. The van der Waals surface area contributed by atoms with E-state index in [4.69, 9.17) is 21.6 Å². The highest BCUT2D eigenvalue weighted by molar-refractivity contribution is 6.29. The number of rotatable bonds is 3. The van der Waals surface area contributed by atoms with E-state index in [9.17, 15) is 0 Å². The van der Waals surface area contributed by atoms with Crippen LogP contribution < -0.4 is 4.74 Å². The molecule has 0 fully saturated rings. The molecule has 4 nitrogen and oxygen atoms in total. The standard InChI is InChI=1S/C16H16ClN3O/c1-16(2,3)15-19-13(17)10-14(20-15)21-12-6-4-11(5-7-12)8-9-18/h4-7,10H,8H2,1-3H3. The fourth-order valence-electron chi connectivity index (χ4n) is 1.67. The number of nitriles is 1. The van der Waals surface area contributed by atoms with Gasteiger partial charge in [-0.05, 0) is 17.7 Å². The van der Waals surface area contributed by atoms with Gasteiger partial charge in [-0.3, -0.25) is 0 Å². The van der Waals surface area contributed by atoms with Crippen LogP contribution in [0.25, 0.3) is 0 Å². The van der Waals surface area contributed by atoms with Gasteiger partial charge in [0, 0.05) is 11.5 Å². The lowest BCUT2D eigenvalue weighted by atomic mass is 9.96. The number of benzene rings is 1. The van der Waals surface area contributed by atoms with Gasteiger partial charge in [0.2, 0.25) is 5.88 Å². The number of ether oxygens (including phenoxy) is 1. The lowest BCUT2D eigenvalue weighted by Crippen LogP contribution is -2.16. The average molecular weight is 302 g/mol. The van der Waals surface area contributed by atoms with Gasteiger partial charge in [0.1, 0.15) is 16.7 Å². The second-order valence-electron chi connectivity index (χ2n) is 5.68. The van der Waals surface area contributed by atoms with Crippen molar-refractivity contribution in [2.45, 2.75) is 32.6 Å². The second kappa shape index (κ2) is 6.11. The Kier molecular flexibility index (Phi) is 4.44. The van der Waals surface area contributed by atoms with E-state index in [-0.39, 0.29) is 5.41 Å². The summed E-state index contributed by atoms with van der Waals surface area (Å²) >= 11 is 6.02. The van der Waals surface area contributed by atoms with Crippen LogP contribution in [-0.4, -0.2) is 9.97 Å². The molecule has 0 saturated carbocycles. The fourth-order valence-corrected chi connectivity index (χ4v) is 1.85. The molecule has 0 aliphatic rings. The summed E-state index contributed by atoms with van der Waals surface area (Å²) in [6.45, 7) is 6.04. The molecule has 0 bridgehead atoms. The quantitative estimate of drug-likeness (QED) is 0.794. The van der Waals surface area contributed by atoms with E-state index in [2.05, 4.69) is 16.0 Å². The van der Waals surface area contributed by atoms with Gasteiger partial charge in [-0.15, -0.1) is 0 Å². The van der Waals surface area contributed by atoms with Crippen molar-refractivity contribution in [3.8, 4) is 17.7 Å². The molecule has 0 saturated heterocycles. The summed E-state index contributed by atoms with van der Waals surface area (Å²) in [5.74, 6) is 1.69. The summed E-state index contributed by atoms with van der Waals surface area (Å²) in [6, 6.07) is 11.0. The van der Waals surface area contributed by atoms with Crippen molar-refractivity contribution in [3.63, 3.8) is 0 Å². The Bertz CT molecular complexity index is 669. The van der Waals surface area contributed by atoms with Crippen molar-refractivity contribution >= 4 is 11.6 Å². The zero-order valence-electron chi connectivity index (χ0n) is 12.2. The first-order valence-electron chi connectivity index (χ1n) is 6.57. The van der Waals surface area contributed by atoms with Crippen molar-refractivity contribution < 1.29 is 4.74 Å². The van der Waals surface area contributed by atoms with Crippen molar-refractivity contribution in [2.75, 3.05) is 0 Å². The Morgan fingerprint density at radius 2 is 1.86 bits per heavy atom. The normalized spacial score (nSPS) is 11.0. The Morgan fingerprint density at radius 1 is 1.19 bits per heavy atom. The first-order chi connectivity index (χ1) is 9.88. The van der Waals surface area contributed by atoms with Gasteiger partial charge in [0.15, 0.2) is 0 Å². The Labute approximate surface area is 129 Å². The van der Waals surface area contributed by atoms with Crippen LogP contribution in [0.1, 0.15) is 32.2 Å². The van der Waals surface area contributed by atoms with E-state index < -0.39 is 0 Å². The van der Waals surface area contributed by atoms with Gasteiger partial charge < -0.3 is 4.74 Å². The van der Waals surface area contributed by atoms with E-state index >= 15 is 0 Å². The maximum absolute atomic E-state index is 8.65. The van der Waals surface area contributed by atoms with Gasteiger partial charge in [-0.25, -0.2) is 4.98 Å². The van der Waals surface area contributed by atoms with Crippen LogP contribution in [-0.2, 0) is 11.8 Å². The highest BCUT2D eigenvalue weighted by atomic mass is 35.5. The molecule has 1 aromatic carbocycles. The Hall–Kier alpha value is -2.12. The van der Waals surface area contributed by atoms with Gasteiger partial charge >= 0.3 is 0 Å². The maximum Gasteiger partial charge on any atom is 0.224 e. The lowest BCUT2D eigenvalue weighted by Gasteiger charge is -2.17. The van der Waals surface area contributed by atoms with Crippen LogP contribution in [0.3, 0.4) is 0 Å². The van der Waals surface area contributed by atoms with E-state index in [1.54, 1.807) is 18.2 Å². The van der Waals surface area contributed by atoms with Gasteiger partial charge in [0.25, 0.3) is 0 Å². The predicted molar refractivity (Wildman–Crippen MR) is 81.6 cm³/mol. The molecule has 2 rings (SSSR count). The minimum absolute atomic E-state index is 0.209. The Balaban J connectivity index is 2.23. The van der Waals surface area contributed by atoms with Crippen molar-refractivity contribution in [1.82, 2.24) is 9.97 Å². The first kappa shape index (κ1) is 15.3. The zero-order chi connectivity index (χ0) is 15.5. The molecule has 0 aliphatic carbocycles. The van der Waals surface area contributed by atoms with E-state index in [1.807, 2.05) is 32.9 Å². The molecule has 1 aromatic heterocycles. The molecule has 2 aromatic rings. The minimum Gasteiger partial charge on any atom is -0.439 e. The molecule has 1 heterocycles. The summed E-state index contributed by atoms with van der Waals surface area (Å²) in [4.78, 5) is 8.61. The van der Waals surface area contributed by atoms with Crippen molar-refractivity contribution in [2.24, 2.45) is 0 Å². The highest BCUT2D eigenvalue weighted by Crippen LogP contribution is 2.26. The van der Waals surface area contributed by atoms with Crippen LogP contribution in [0, 0.1) is 11.3 Å². The number of halogens is 1. The molecule has 0 unspecified atom stereocenters. The zero-order valence-corrected chi connectivity index (χ0v) is 13.0. The number of hydrogen-bond donors (Lipinski definition) is 0. The number of hydrogen-bond acceptors (Lipinski definition) is 4. The molecule has 21 heavy (non-hydrogen) atoms. The minimum atomic E-state index is -0.209. The van der Waals surface area contributed by atoms with E-state index in [0.717, 1.165) is 5.56 Å².